The van der Waals surface area contributed by atoms with Crippen LogP contribution in [0.25, 0.3) is 0 Å². The highest BCUT2D eigenvalue weighted by molar-refractivity contribution is 5.85. The van der Waals surface area contributed by atoms with Crippen molar-refractivity contribution >= 4 is 24.8 Å². The molecule has 1 atom stereocenters. The molecule has 0 aliphatic carbocycles. The Bertz CT molecular complexity index is 224. The van der Waals surface area contributed by atoms with Crippen LogP contribution in [0.15, 0.2) is 18.7 Å². The van der Waals surface area contributed by atoms with Gasteiger partial charge in [-0.15, -0.1) is 24.8 Å². The van der Waals surface area contributed by atoms with Crippen LogP contribution in [0, 0.1) is 0 Å². The lowest BCUT2D eigenvalue weighted by atomic mass is 10.0. The number of nitrogens with one attached hydrogen (secondary N) is 1. The summed E-state index contributed by atoms with van der Waals surface area (Å²) in [7, 11) is 0. The Labute approximate surface area is 90.2 Å². The van der Waals surface area contributed by atoms with Crippen LogP contribution >= 0.6 is 24.8 Å². The minimum absolute atomic E-state index is 0. The molecule has 2 rings (SSSR count). The predicted molar refractivity (Wildman–Crippen MR) is 56.8 cm³/mol. The number of halogens is 2. The third-order valence-electron chi connectivity index (χ3n) is 2.11. The van der Waals surface area contributed by atoms with E-state index in [9.17, 15) is 0 Å². The van der Waals surface area contributed by atoms with Gasteiger partial charge in [-0.25, -0.2) is 9.97 Å². The summed E-state index contributed by atoms with van der Waals surface area (Å²) >= 11 is 0. The normalized spacial score (nSPS) is 20.2. The van der Waals surface area contributed by atoms with E-state index in [0.29, 0.717) is 5.92 Å². The van der Waals surface area contributed by atoms with Crippen LogP contribution in [0.1, 0.15) is 17.9 Å². The average Bonchev–Trinajstić information content (AvgIpc) is 2.58. The molecule has 0 aromatic carbocycles. The Morgan fingerprint density at radius 3 is 2.46 bits per heavy atom. The second-order valence-corrected chi connectivity index (χ2v) is 2.86. The standard InChI is InChI=1S/C8H11N3.2ClH/c1-2-9-3-7(1)8-4-10-6-11-5-8;;/h4-7,9H,1-3H2;2*1H. The highest BCUT2D eigenvalue weighted by Crippen LogP contribution is 2.19. The van der Waals surface area contributed by atoms with Gasteiger partial charge in [-0.3, -0.25) is 0 Å². The first kappa shape index (κ1) is 12.6. The van der Waals surface area contributed by atoms with Gasteiger partial charge in [0.1, 0.15) is 6.33 Å². The molecule has 3 nitrogen and oxygen atoms in total. The molecular weight excluding hydrogens is 209 g/mol. The van der Waals surface area contributed by atoms with Crippen molar-refractivity contribution in [1.29, 1.82) is 0 Å². The summed E-state index contributed by atoms with van der Waals surface area (Å²) in [6.45, 7) is 2.20. The van der Waals surface area contributed by atoms with E-state index >= 15 is 0 Å². The topological polar surface area (TPSA) is 37.8 Å². The van der Waals surface area contributed by atoms with Crippen LogP contribution in [-0.2, 0) is 0 Å². The third kappa shape index (κ3) is 3.10. The molecule has 1 N–H and O–H groups in total. The Kier molecular flexibility index (Phi) is 5.95. The molecule has 1 saturated heterocycles. The van der Waals surface area contributed by atoms with Gasteiger partial charge in [0.25, 0.3) is 0 Å². The minimum Gasteiger partial charge on any atom is -0.316 e. The molecule has 1 aliphatic heterocycles. The maximum Gasteiger partial charge on any atom is 0.115 e. The van der Waals surface area contributed by atoms with Crippen molar-refractivity contribution in [2.24, 2.45) is 0 Å². The number of nitrogens with zero attached hydrogens (tertiary/aromatic N) is 2. The Morgan fingerprint density at radius 2 is 1.92 bits per heavy atom. The van der Waals surface area contributed by atoms with Crippen molar-refractivity contribution in [2.75, 3.05) is 13.1 Å². The monoisotopic (exact) mass is 221 g/mol. The summed E-state index contributed by atoms with van der Waals surface area (Å²) < 4.78 is 0. The van der Waals surface area contributed by atoms with Gasteiger partial charge in [0.15, 0.2) is 0 Å². The molecule has 13 heavy (non-hydrogen) atoms. The molecule has 5 heteroatoms. The van der Waals surface area contributed by atoms with Crippen molar-refractivity contribution in [3.8, 4) is 0 Å². The average molecular weight is 222 g/mol. The summed E-state index contributed by atoms with van der Waals surface area (Å²) in [5.74, 6) is 0.635. The molecule has 1 aromatic heterocycles. The summed E-state index contributed by atoms with van der Waals surface area (Å²) in [6.07, 6.45) is 6.61. The maximum atomic E-state index is 3.99. The predicted octanol–water partition coefficient (Wildman–Crippen LogP) is 1.40. The van der Waals surface area contributed by atoms with Crippen LogP contribution in [0.4, 0.5) is 0 Å². The summed E-state index contributed by atoms with van der Waals surface area (Å²) in [6, 6.07) is 0. The van der Waals surface area contributed by atoms with E-state index in [1.165, 1.54) is 12.0 Å². The second kappa shape index (κ2) is 6.13. The first-order chi connectivity index (χ1) is 5.47. The van der Waals surface area contributed by atoms with Gasteiger partial charge in [0.2, 0.25) is 0 Å². The minimum atomic E-state index is 0. The van der Waals surface area contributed by atoms with Gasteiger partial charge >= 0.3 is 0 Å². The molecule has 0 spiro atoms. The number of hydrogen-bond acceptors (Lipinski definition) is 3. The zero-order valence-corrected chi connectivity index (χ0v) is 8.77. The Balaban J connectivity index is 0.000000720. The van der Waals surface area contributed by atoms with Gasteiger partial charge in [-0.2, -0.15) is 0 Å². The first-order valence-corrected chi connectivity index (χ1v) is 3.92. The smallest absolute Gasteiger partial charge is 0.115 e. The quantitative estimate of drug-likeness (QED) is 0.780. The van der Waals surface area contributed by atoms with Crippen LogP contribution in [0.2, 0.25) is 0 Å². The van der Waals surface area contributed by atoms with Crippen molar-refractivity contribution in [3.05, 3.63) is 24.3 Å². The summed E-state index contributed by atoms with van der Waals surface area (Å²) in [4.78, 5) is 7.98. The highest BCUT2D eigenvalue weighted by Gasteiger charge is 2.16. The lowest BCUT2D eigenvalue weighted by Gasteiger charge is -2.05. The number of rotatable bonds is 1. The lowest BCUT2D eigenvalue weighted by molar-refractivity contribution is 0.752. The number of aromatic nitrogens is 2. The molecule has 74 valence electrons. The van der Waals surface area contributed by atoms with Gasteiger partial charge < -0.3 is 5.32 Å². The van der Waals surface area contributed by atoms with Gasteiger partial charge in [0, 0.05) is 24.9 Å². The van der Waals surface area contributed by atoms with E-state index in [1.54, 1.807) is 6.33 Å². The zero-order chi connectivity index (χ0) is 7.52. The van der Waals surface area contributed by atoms with Gasteiger partial charge in [0.05, 0.1) is 0 Å². The van der Waals surface area contributed by atoms with Crippen molar-refractivity contribution in [2.45, 2.75) is 12.3 Å². The van der Waals surface area contributed by atoms with E-state index in [2.05, 4.69) is 15.3 Å². The highest BCUT2D eigenvalue weighted by atomic mass is 35.5. The van der Waals surface area contributed by atoms with Gasteiger partial charge in [-0.1, -0.05) is 0 Å². The number of hydrogen-bond donors (Lipinski definition) is 1. The van der Waals surface area contributed by atoms with Crippen LogP contribution in [-0.4, -0.2) is 23.1 Å². The Hall–Kier alpha value is -0.380. The molecule has 0 amide bonds. The Morgan fingerprint density at radius 1 is 1.23 bits per heavy atom. The molecule has 1 aromatic rings. The summed E-state index contributed by atoms with van der Waals surface area (Å²) in [5, 5.41) is 3.32. The third-order valence-corrected chi connectivity index (χ3v) is 2.11. The largest absolute Gasteiger partial charge is 0.316 e. The molecular formula is C8H13Cl2N3. The van der Waals surface area contributed by atoms with Crippen LogP contribution < -0.4 is 5.32 Å². The van der Waals surface area contributed by atoms with E-state index in [0.717, 1.165) is 13.1 Å². The van der Waals surface area contributed by atoms with E-state index in [-0.39, 0.29) is 24.8 Å². The van der Waals surface area contributed by atoms with E-state index in [1.807, 2.05) is 12.4 Å². The second-order valence-electron chi connectivity index (χ2n) is 2.86. The van der Waals surface area contributed by atoms with Crippen molar-refractivity contribution < 1.29 is 0 Å². The van der Waals surface area contributed by atoms with E-state index < -0.39 is 0 Å². The maximum absolute atomic E-state index is 3.99. The molecule has 0 saturated carbocycles. The fourth-order valence-electron chi connectivity index (χ4n) is 1.46. The summed E-state index contributed by atoms with van der Waals surface area (Å²) in [5.41, 5.74) is 1.26. The van der Waals surface area contributed by atoms with Crippen molar-refractivity contribution in [3.63, 3.8) is 0 Å². The van der Waals surface area contributed by atoms with Gasteiger partial charge in [-0.05, 0) is 18.5 Å². The molecule has 1 unspecified atom stereocenters. The molecule has 0 bridgehead atoms. The van der Waals surface area contributed by atoms with Crippen LogP contribution in [0.3, 0.4) is 0 Å². The first-order valence-electron chi connectivity index (χ1n) is 3.92. The lowest BCUT2D eigenvalue weighted by Crippen LogP contribution is -2.08. The van der Waals surface area contributed by atoms with E-state index in [4.69, 9.17) is 0 Å². The van der Waals surface area contributed by atoms with Crippen LogP contribution in [0.5, 0.6) is 0 Å². The molecule has 1 aliphatic rings. The molecule has 0 radical (unpaired) electrons. The van der Waals surface area contributed by atoms with Crippen molar-refractivity contribution in [1.82, 2.24) is 15.3 Å². The fourth-order valence-corrected chi connectivity index (χ4v) is 1.46. The fraction of sp³-hybridized carbons (Fsp3) is 0.500. The zero-order valence-electron chi connectivity index (χ0n) is 7.14. The SMILES string of the molecule is Cl.Cl.c1ncc(C2CCNC2)cn1. The molecule has 1 fully saturated rings. The molecule has 2 heterocycles.